The van der Waals surface area contributed by atoms with Crippen LogP contribution in [-0.2, 0) is 14.3 Å². The maximum atomic E-state index is 12.0. The van der Waals surface area contributed by atoms with Crippen molar-refractivity contribution in [2.75, 3.05) is 20.3 Å². The smallest absolute Gasteiger partial charge is 0.409 e. The predicted molar refractivity (Wildman–Crippen MR) is 65.0 cm³/mol. The van der Waals surface area contributed by atoms with Gasteiger partial charge < -0.3 is 14.4 Å². The van der Waals surface area contributed by atoms with E-state index in [0.29, 0.717) is 13.2 Å². The quantitative estimate of drug-likeness (QED) is 0.722. The van der Waals surface area contributed by atoms with E-state index in [1.165, 1.54) is 7.11 Å². The van der Waals surface area contributed by atoms with Gasteiger partial charge in [0.05, 0.1) is 25.7 Å². The molecule has 0 aromatic carbocycles. The Bertz CT molecular complexity index is 357. The van der Waals surface area contributed by atoms with Crippen LogP contribution in [-0.4, -0.2) is 43.3 Å². The molecule has 1 aliphatic heterocycles. The van der Waals surface area contributed by atoms with Gasteiger partial charge in [0.2, 0.25) is 0 Å². The minimum absolute atomic E-state index is 0.0252. The lowest BCUT2D eigenvalue weighted by molar-refractivity contribution is -0.145. The molecule has 0 bridgehead atoms. The van der Waals surface area contributed by atoms with Crippen LogP contribution in [0.15, 0.2) is 0 Å². The van der Waals surface area contributed by atoms with Crippen LogP contribution in [0.5, 0.6) is 0 Å². The highest BCUT2D eigenvalue weighted by Gasteiger charge is 2.71. The lowest BCUT2D eigenvalue weighted by atomic mass is 9.91. The van der Waals surface area contributed by atoms with Crippen molar-refractivity contribution in [3.05, 3.63) is 0 Å². The van der Waals surface area contributed by atoms with Crippen LogP contribution >= 0.6 is 0 Å². The van der Waals surface area contributed by atoms with E-state index in [9.17, 15) is 9.59 Å². The summed E-state index contributed by atoms with van der Waals surface area (Å²) in [6.07, 6.45) is 2.49. The third kappa shape index (κ3) is 1.76. The average Bonchev–Trinajstić information content (AvgIpc) is 3.07. The van der Waals surface area contributed by atoms with Crippen LogP contribution in [0.1, 0.15) is 33.1 Å². The number of hydrogen-bond donors (Lipinski definition) is 0. The van der Waals surface area contributed by atoms with Gasteiger partial charge in [-0.2, -0.15) is 0 Å². The number of fused-ring (bicyclic) bond motifs is 1. The number of likely N-dealkylation sites (tertiary alicyclic amines) is 1. The van der Waals surface area contributed by atoms with Gasteiger partial charge in [-0.3, -0.25) is 4.79 Å². The number of methoxy groups -OCH3 is 1. The molecule has 5 nitrogen and oxygen atoms in total. The highest BCUT2D eigenvalue weighted by Crippen LogP contribution is 2.63. The Balaban J connectivity index is 2.17. The fraction of sp³-hybridized carbons (Fsp3) is 0.846. The van der Waals surface area contributed by atoms with E-state index < -0.39 is 0 Å². The number of piperidine rings is 1. The summed E-state index contributed by atoms with van der Waals surface area (Å²) in [5.41, 5.74) is -0.0707. The highest BCUT2D eigenvalue weighted by molar-refractivity contribution is 5.81. The molecule has 18 heavy (non-hydrogen) atoms. The molecular formula is C13H21NO4. The SMILES string of the molecule is CCOC(=O)[C@H]1[C@@H]2N(C(=O)OC)CCC[C@@]21CC. The van der Waals surface area contributed by atoms with Gasteiger partial charge in [-0.1, -0.05) is 6.92 Å². The van der Waals surface area contributed by atoms with Gasteiger partial charge in [0.1, 0.15) is 0 Å². The van der Waals surface area contributed by atoms with Crippen LogP contribution in [0, 0.1) is 11.3 Å². The second-order valence-corrected chi connectivity index (χ2v) is 5.03. The van der Waals surface area contributed by atoms with Gasteiger partial charge in [-0.05, 0) is 26.2 Å². The molecule has 1 saturated carbocycles. The summed E-state index contributed by atoms with van der Waals surface area (Å²) in [7, 11) is 1.38. The Kier molecular flexibility index (Phi) is 3.50. The number of amides is 1. The third-order valence-electron chi connectivity index (χ3n) is 4.40. The second-order valence-electron chi connectivity index (χ2n) is 5.03. The molecule has 2 fully saturated rings. The fourth-order valence-electron chi connectivity index (χ4n) is 3.50. The van der Waals surface area contributed by atoms with Crippen LogP contribution in [0.4, 0.5) is 4.79 Å². The van der Waals surface area contributed by atoms with Crippen LogP contribution in [0.25, 0.3) is 0 Å². The van der Waals surface area contributed by atoms with Crippen molar-refractivity contribution in [1.29, 1.82) is 0 Å². The maximum absolute atomic E-state index is 12.0. The average molecular weight is 255 g/mol. The number of rotatable bonds is 3. The summed E-state index contributed by atoms with van der Waals surface area (Å²) in [6, 6.07) is -0.0252. The Morgan fingerprint density at radius 1 is 1.39 bits per heavy atom. The largest absolute Gasteiger partial charge is 0.466 e. The minimum Gasteiger partial charge on any atom is -0.466 e. The number of carbonyl (C=O) groups excluding carboxylic acids is 2. The summed E-state index contributed by atoms with van der Waals surface area (Å²) in [5, 5.41) is 0. The number of nitrogens with zero attached hydrogens (tertiary/aromatic N) is 1. The second kappa shape index (κ2) is 4.78. The Morgan fingerprint density at radius 2 is 2.11 bits per heavy atom. The van der Waals surface area contributed by atoms with Crippen molar-refractivity contribution in [2.24, 2.45) is 11.3 Å². The van der Waals surface area contributed by atoms with Crippen molar-refractivity contribution < 1.29 is 19.1 Å². The Morgan fingerprint density at radius 3 is 2.67 bits per heavy atom. The molecule has 1 heterocycles. The van der Waals surface area contributed by atoms with E-state index in [1.54, 1.807) is 11.8 Å². The van der Waals surface area contributed by atoms with E-state index in [0.717, 1.165) is 19.3 Å². The molecule has 1 aliphatic carbocycles. The van der Waals surface area contributed by atoms with Gasteiger partial charge in [-0.25, -0.2) is 4.79 Å². The van der Waals surface area contributed by atoms with Crippen LogP contribution < -0.4 is 0 Å². The Labute approximate surface area is 107 Å². The molecule has 102 valence electrons. The zero-order chi connectivity index (χ0) is 13.3. The normalized spacial score (nSPS) is 33.6. The van der Waals surface area contributed by atoms with E-state index in [-0.39, 0.29) is 29.4 Å². The first-order valence-electron chi connectivity index (χ1n) is 6.63. The number of esters is 1. The molecule has 1 amide bonds. The topological polar surface area (TPSA) is 55.8 Å². The van der Waals surface area contributed by atoms with Crippen molar-refractivity contribution in [2.45, 2.75) is 39.2 Å². The fourth-order valence-corrected chi connectivity index (χ4v) is 3.50. The predicted octanol–water partition coefficient (Wildman–Crippen LogP) is 1.81. The zero-order valence-electron chi connectivity index (χ0n) is 11.3. The molecule has 2 rings (SSSR count). The van der Waals surface area contributed by atoms with Crippen molar-refractivity contribution in [3.63, 3.8) is 0 Å². The molecule has 0 N–H and O–H groups in total. The van der Waals surface area contributed by atoms with E-state index >= 15 is 0 Å². The van der Waals surface area contributed by atoms with Gasteiger partial charge in [0, 0.05) is 12.0 Å². The number of ether oxygens (including phenoxy) is 2. The first kappa shape index (κ1) is 13.2. The summed E-state index contributed by atoms with van der Waals surface area (Å²) in [4.78, 5) is 25.4. The summed E-state index contributed by atoms with van der Waals surface area (Å²) >= 11 is 0. The van der Waals surface area contributed by atoms with E-state index in [2.05, 4.69) is 6.92 Å². The number of carbonyl (C=O) groups is 2. The third-order valence-corrected chi connectivity index (χ3v) is 4.40. The van der Waals surface area contributed by atoms with Gasteiger partial charge in [-0.15, -0.1) is 0 Å². The van der Waals surface area contributed by atoms with Crippen molar-refractivity contribution >= 4 is 12.1 Å². The summed E-state index contributed by atoms with van der Waals surface area (Å²) in [6.45, 7) is 4.95. The molecule has 0 radical (unpaired) electrons. The lowest BCUT2D eigenvalue weighted by Gasteiger charge is -2.29. The molecule has 3 atom stereocenters. The molecule has 2 aliphatic rings. The molecule has 1 saturated heterocycles. The minimum atomic E-state index is -0.329. The first-order valence-corrected chi connectivity index (χ1v) is 6.63. The zero-order valence-corrected chi connectivity index (χ0v) is 11.3. The molecule has 0 unspecified atom stereocenters. The maximum Gasteiger partial charge on any atom is 0.409 e. The van der Waals surface area contributed by atoms with E-state index in [4.69, 9.17) is 9.47 Å². The van der Waals surface area contributed by atoms with Crippen molar-refractivity contribution in [3.8, 4) is 0 Å². The van der Waals surface area contributed by atoms with Gasteiger partial charge in [0.25, 0.3) is 0 Å². The molecule has 0 aromatic rings. The summed E-state index contributed by atoms with van der Waals surface area (Å²) in [5.74, 6) is -0.329. The Hall–Kier alpha value is -1.26. The first-order chi connectivity index (χ1) is 8.62. The summed E-state index contributed by atoms with van der Waals surface area (Å²) < 4.78 is 9.93. The molecular weight excluding hydrogens is 234 g/mol. The lowest BCUT2D eigenvalue weighted by Crippen LogP contribution is -2.40. The van der Waals surface area contributed by atoms with Crippen LogP contribution in [0.3, 0.4) is 0 Å². The van der Waals surface area contributed by atoms with Crippen LogP contribution in [0.2, 0.25) is 0 Å². The molecule has 0 spiro atoms. The standard InChI is InChI=1S/C13H21NO4/c1-4-13-7-6-8-14(12(16)17-3)10(13)9(13)11(15)18-5-2/h9-10H,4-8H2,1-3H3/t9-,10+,13-/m1/s1. The van der Waals surface area contributed by atoms with E-state index in [1.807, 2.05) is 0 Å². The van der Waals surface area contributed by atoms with Crippen molar-refractivity contribution in [1.82, 2.24) is 4.90 Å². The molecule has 0 aromatic heterocycles. The number of hydrogen-bond acceptors (Lipinski definition) is 4. The monoisotopic (exact) mass is 255 g/mol. The molecule has 5 heteroatoms. The highest BCUT2D eigenvalue weighted by atomic mass is 16.5. The van der Waals surface area contributed by atoms with Gasteiger partial charge >= 0.3 is 12.1 Å². The van der Waals surface area contributed by atoms with Gasteiger partial charge in [0.15, 0.2) is 0 Å².